The summed E-state index contributed by atoms with van der Waals surface area (Å²) in [7, 11) is 0. The van der Waals surface area contributed by atoms with Gasteiger partial charge < -0.3 is 9.42 Å². The summed E-state index contributed by atoms with van der Waals surface area (Å²) in [5.74, 6) is 1.23. The van der Waals surface area contributed by atoms with Gasteiger partial charge in [-0.05, 0) is 55.1 Å². The van der Waals surface area contributed by atoms with Gasteiger partial charge in [0.15, 0.2) is 0 Å². The first-order valence-corrected chi connectivity index (χ1v) is 11.4. The molecule has 1 aliphatic heterocycles. The smallest absolute Gasteiger partial charge is 0.254 e. The second-order valence-electron chi connectivity index (χ2n) is 7.27. The van der Waals surface area contributed by atoms with Crippen molar-refractivity contribution in [1.29, 1.82) is 0 Å². The van der Waals surface area contributed by atoms with Crippen LogP contribution >= 0.6 is 23.4 Å². The van der Waals surface area contributed by atoms with Crippen LogP contribution in [0.25, 0.3) is 11.4 Å². The molecule has 30 heavy (non-hydrogen) atoms. The molecule has 3 aromatic rings. The molecule has 0 unspecified atom stereocenters. The van der Waals surface area contributed by atoms with Crippen LogP contribution in [0.4, 0.5) is 0 Å². The van der Waals surface area contributed by atoms with Crippen molar-refractivity contribution in [3.05, 3.63) is 64.5 Å². The average molecular weight is 443 g/mol. The Labute approximate surface area is 185 Å². The second kappa shape index (κ2) is 9.20. The zero-order valence-corrected chi connectivity index (χ0v) is 18.5. The van der Waals surface area contributed by atoms with Crippen molar-refractivity contribution in [2.24, 2.45) is 0 Å². The quantitative estimate of drug-likeness (QED) is 0.546. The standard InChI is InChI=1S/C22H23ClN4O2S/c1-15-3-8-18(30-2)13-19(15)22(28)27-11-9-26(10-12-27)14-20-24-21(25-29-20)16-4-6-17(23)7-5-16/h3-8,13H,9-12,14H2,1-2H3. The average Bonchev–Trinajstić information content (AvgIpc) is 3.23. The SMILES string of the molecule is CSc1ccc(C)c(C(=O)N2CCN(Cc3nc(-c4ccc(Cl)cc4)no3)CC2)c1. The molecule has 1 aliphatic rings. The third kappa shape index (κ3) is 4.69. The van der Waals surface area contributed by atoms with Crippen LogP contribution in [0.1, 0.15) is 21.8 Å². The largest absolute Gasteiger partial charge is 0.338 e. The fourth-order valence-electron chi connectivity index (χ4n) is 3.46. The van der Waals surface area contributed by atoms with E-state index in [1.165, 1.54) is 0 Å². The van der Waals surface area contributed by atoms with Gasteiger partial charge in [-0.2, -0.15) is 4.98 Å². The minimum atomic E-state index is 0.103. The van der Waals surface area contributed by atoms with E-state index in [9.17, 15) is 4.79 Å². The highest BCUT2D eigenvalue weighted by Gasteiger charge is 2.24. The molecule has 156 valence electrons. The van der Waals surface area contributed by atoms with Crippen molar-refractivity contribution in [2.45, 2.75) is 18.4 Å². The minimum absolute atomic E-state index is 0.103. The van der Waals surface area contributed by atoms with Crippen molar-refractivity contribution < 1.29 is 9.32 Å². The molecular weight excluding hydrogens is 420 g/mol. The number of aromatic nitrogens is 2. The van der Waals surface area contributed by atoms with E-state index < -0.39 is 0 Å². The summed E-state index contributed by atoms with van der Waals surface area (Å²) in [5, 5.41) is 4.74. The van der Waals surface area contributed by atoms with Gasteiger partial charge in [-0.1, -0.05) is 22.8 Å². The van der Waals surface area contributed by atoms with Gasteiger partial charge in [0.1, 0.15) is 0 Å². The zero-order chi connectivity index (χ0) is 21.1. The second-order valence-corrected chi connectivity index (χ2v) is 8.58. The molecule has 0 saturated carbocycles. The van der Waals surface area contributed by atoms with Crippen molar-refractivity contribution >= 4 is 29.3 Å². The molecule has 2 heterocycles. The molecule has 0 aliphatic carbocycles. The first-order chi connectivity index (χ1) is 14.5. The number of carbonyl (C=O) groups is 1. The number of carbonyl (C=O) groups excluding carboxylic acids is 1. The van der Waals surface area contributed by atoms with E-state index in [1.54, 1.807) is 23.9 Å². The van der Waals surface area contributed by atoms with Gasteiger partial charge in [0.2, 0.25) is 11.7 Å². The van der Waals surface area contributed by atoms with E-state index in [0.29, 0.717) is 36.4 Å². The number of halogens is 1. The van der Waals surface area contributed by atoms with E-state index in [-0.39, 0.29) is 5.91 Å². The van der Waals surface area contributed by atoms with Crippen LogP contribution < -0.4 is 0 Å². The van der Waals surface area contributed by atoms with Gasteiger partial charge in [-0.15, -0.1) is 11.8 Å². The molecule has 6 nitrogen and oxygen atoms in total. The van der Waals surface area contributed by atoms with Crippen molar-refractivity contribution in [2.75, 3.05) is 32.4 Å². The molecule has 1 fully saturated rings. The van der Waals surface area contributed by atoms with Crippen molar-refractivity contribution in [3.63, 3.8) is 0 Å². The highest BCUT2D eigenvalue weighted by molar-refractivity contribution is 7.98. The summed E-state index contributed by atoms with van der Waals surface area (Å²) in [6.45, 7) is 5.46. The van der Waals surface area contributed by atoms with Gasteiger partial charge in [-0.25, -0.2) is 0 Å². The molecule has 0 N–H and O–H groups in total. The Morgan fingerprint density at radius 3 is 2.57 bits per heavy atom. The Kier molecular flexibility index (Phi) is 6.41. The molecule has 8 heteroatoms. The topological polar surface area (TPSA) is 62.5 Å². The summed E-state index contributed by atoms with van der Waals surface area (Å²) >= 11 is 7.58. The molecule has 1 saturated heterocycles. The van der Waals surface area contributed by atoms with Crippen LogP contribution in [-0.4, -0.2) is 58.3 Å². The lowest BCUT2D eigenvalue weighted by Gasteiger charge is -2.34. The van der Waals surface area contributed by atoms with Crippen molar-refractivity contribution in [3.8, 4) is 11.4 Å². The summed E-state index contributed by atoms with van der Waals surface area (Å²) in [5.41, 5.74) is 2.67. The van der Waals surface area contributed by atoms with Gasteiger partial charge in [0.25, 0.3) is 5.91 Å². The summed E-state index contributed by atoms with van der Waals surface area (Å²) in [6.07, 6.45) is 2.02. The van der Waals surface area contributed by atoms with Crippen LogP contribution in [0.15, 0.2) is 51.9 Å². The van der Waals surface area contributed by atoms with E-state index in [4.69, 9.17) is 16.1 Å². The molecule has 1 aromatic heterocycles. The number of hydrogen-bond acceptors (Lipinski definition) is 6. The third-order valence-corrected chi connectivity index (χ3v) is 6.24. The van der Waals surface area contributed by atoms with E-state index in [2.05, 4.69) is 21.1 Å². The predicted octanol–water partition coefficient (Wildman–Crippen LogP) is 4.38. The molecule has 1 amide bonds. The van der Waals surface area contributed by atoms with Gasteiger partial charge in [0, 0.05) is 47.2 Å². The molecule has 4 rings (SSSR count). The maximum atomic E-state index is 13.0. The molecular formula is C22H23ClN4O2S. The highest BCUT2D eigenvalue weighted by Crippen LogP contribution is 2.22. The van der Waals surface area contributed by atoms with Crippen LogP contribution in [0.3, 0.4) is 0 Å². The van der Waals surface area contributed by atoms with Crippen molar-refractivity contribution in [1.82, 2.24) is 19.9 Å². The first-order valence-electron chi connectivity index (χ1n) is 9.78. The van der Waals surface area contributed by atoms with Gasteiger partial charge in [-0.3, -0.25) is 9.69 Å². The van der Waals surface area contributed by atoms with Crippen LogP contribution in [0, 0.1) is 6.92 Å². The molecule has 0 atom stereocenters. The number of piperazine rings is 1. The van der Waals surface area contributed by atoms with Crippen LogP contribution in [0.2, 0.25) is 5.02 Å². The fourth-order valence-corrected chi connectivity index (χ4v) is 4.03. The lowest BCUT2D eigenvalue weighted by Crippen LogP contribution is -2.48. The van der Waals surface area contributed by atoms with E-state index in [0.717, 1.165) is 34.7 Å². The molecule has 0 spiro atoms. The number of nitrogens with zero attached hydrogens (tertiary/aromatic N) is 4. The Hall–Kier alpha value is -2.35. The lowest BCUT2D eigenvalue weighted by atomic mass is 10.1. The van der Waals surface area contributed by atoms with E-state index >= 15 is 0 Å². The maximum absolute atomic E-state index is 13.0. The summed E-state index contributed by atoms with van der Waals surface area (Å²) in [6, 6.07) is 13.4. The number of amides is 1. The zero-order valence-electron chi connectivity index (χ0n) is 17.0. The number of rotatable bonds is 5. The van der Waals surface area contributed by atoms with Gasteiger partial charge in [0.05, 0.1) is 6.54 Å². The Morgan fingerprint density at radius 1 is 1.13 bits per heavy atom. The molecule has 0 radical (unpaired) electrons. The summed E-state index contributed by atoms with van der Waals surface area (Å²) in [4.78, 5) is 22.7. The maximum Gasteiger partial charge on any atom is 0.254 e. The lowest BCUT2D eigenvalue weighted by molar-refractivity contribution is 0.0614. The monoisotopic (exact) mass is 442 g/mol. The fraction of sp³-hybridized carbons (Fsp3) is 0.318. The minimum Gasteiger partial charge on any atom is -0.338 e. The van der Waals surface area contributed by atoms with E-state index in [1.807, 2.05) is 42.3 Å². The molecule has 0 bridgehead atoms. The number of aryl methyl sites for hydroxylation is 1. The number of benzene rings is 2. The number of hydrogen-bond donors (Lipinski definition) is 0. The normalized spacial score (nSPS) is 14.8. The van der Waals surface area contributed by atoms with Crippen LogP contribution in [-0.2, 0) is 6.54 Å². The third-order valence-electron chi connectivity index (χ3n) is 5.26. The van der Waals surface area contributed by atoms with Gasteiger partial charge >= 0.3 is 0 Å². The predicted molar refractivity (Wildman–Crippen MR) is 119 cm³/mol. The summed E-state index contributed by atoms with van der Waals surface area (Å²) < 4.78 is 5.42. The number of thioether (sulfide) groups is 1. The Balaban J connectivity index is 1.35. The first kappa shape index (κ1) is 20.9. The van der Waals surface area contributed by atoms with Crippen LogP contribution in [0.5, 0.6) is 0 Å². The molecule has 2 aromatic carbocycles. The Bertz CT molecular complexity index is 1030. The highest BCUT2D eigenvalue weighted by atomic mass is 35.5. The Morgan fingerprint density at radius 2 is 1.87 bits per heavy atom.